The number of nitrogens with one attached hydrogen (secondary N) is 1. The molecule has 0 bridgehead atoms. The van der Waals surface area contributed by atoms with Gasteiger partial charge in [-0.3, -0.25) is 9.59 Å². The molecule has 88 valence electrons. The van der Waals surface area contributed by atoms with Gasteiger partial charge >= 0.3 is 0 Å². The second kappa shape index (κ2) is 9.57. The summed E-state index contributed by atoms with van der Waals surface area (Å²) in [6.45, 7) is 2.12. The molecule has 0 aromatic rings. The van der Waals surface area contributed by atoms with Gasteiger partial charge in [0.15, 0.2) is 5.78 Å². The average Bonchev–Trinajstić information content (AvgIpc) is 2.19. The fourth-order valence-corrected chi connectivity index (χ4v) is 0.745. The van der Waals surface area contributed by atoms with Crippen molar-refractivity contribution in [2.24, 2.45) is 0 Å². The first-order valence-electron chi connectivity index (χ1n) is 4.69. The smallest absolute Gasteiger partial charge is 0.246 e. The molecule has 0 radical (unpaired) electrons. The Hall–Kier alpha value is -0.980. The second-order valence-corrected chi connectivity index (χ2v) is 2.88. The molecule has 0 rings (SSSR count). The van der Waals surface area contributed by atoms with E-state index in [4.69, 9.17) is 14.6 Å². The molecule has 0 spiro atoms. The summed E-state index contributed by atoms with van der Waals surface area (Å²) in [7, 11) is 0. The van der Waals surface area contributed by atoms with E-state index < -0.39 is 0 Å². The molecule has 0 saturated heterocycles. The SMILES string of the molecule is CC(=O)COCCOCC(=O)NCCO. The Balaban J connectivity index is 3.16. The first kappa shape index (κ1) is 14.0. The maximum atomic E-state index is 10.9. The van der Waals surface area contributed by atoms with Gasteiger partial charge in [0, 0.05) is 6.54 Å². The van der Waals surface area contributed by atoms with Gasteiger partial charge in [0.05, 0.1) is 19.8 Å². The average molecular weight is 219 g/mol. The van der Waals surface area contributed by atoms with Crippen molar-refractivity contribution in [1.82, 2.24) is 5.32 Å². The summed E-state index contributed by atoms with van der Waals surface area (Å²) in [5, 5.41) is 10.8. The highest BCUT2D eigenvalue weighted by atomic mass is 16.5. The molecule has 0 aromatic carbocycles. The summed E-state index contributed by atoms with van der Waals surface area (Å²) < 4.78 is 9.86. The Morgan fingerprint density at radius 1 is 1.20 bits per heavy atom. The summed E-state index contributed by atoms with van der Waals surface area (Å²) in [5.74, 6) is -0.327. The van der Waals surface area contributed by atoms with E-state index in [1.807, 2.05) is 0 Å². The number of aliphatic hydroxyl groups is 1. The first-order valence-corrected chi connectivity index (χ1v) is 4.69. The van der Waals surface area contributed by atoms with Crippen LogP contribution in [0.5, 0.6) is 0 Å². The van der Waals surface area contributed by atoms with Gasteiger partial charge in [-0.25, -0.2) is 0 Å². The van der Waals surface area contributed by atoms with Crippen LogP contribution in [-0.4, -0.2) is 56.4 Å². The van der Waals surface area contributed by atoms with Crippen molar-refractivity contribution in [2.75, 3.05) is 39.6 Å². The zero-order valence-electron chi connectivity index (χ0n) is 8.82. The zero-order chi connectivity index (χ0) is 11.5. The molecule has 2 N–H and O–H groups in total. The van der Waals surface area contributed by atoms with Gasteiger partial charge < -0.3 is 19.9 Å². The number of ether oxygens (including phenoxy) is 2. The summed E-state index contributed by atoms with van der Waals surface area (Å²) in [6.07, 6.45) is 0. The lowest BCUT2D eigenvalue weighted by atomic mass is 10.5. The second-order valence-electron chi connectivity index (χ2n) is 2.88. The van der Waals surface area contributed by atoms with Crippen molar-refractivity contribution in [1.29, 1.82) is 0 Å². The van der Waals surface area contributed by atoms with Crippen molar-refractivity contribution < 1.29 is 24.2 Å². The Bertz CT molecular complexity index is 195. The quantitative estimate of drug-likeness (QED) is 0.472. The summed E-state index contributed by atoms with van der Waals surface area (Å²) in [5.41, 5.74) is 0. The largest absolute Gasteiger partial charge is 0.395 e. The molecule has 6 heteroatoms. The van der Waals surface area contributed by atoms with E-state index >= 15 is 0 Å². The fourth-order valence-electron chi connectivity index (χ4n) is 0.745. The van der Waals surface area contributed by atoms with Gasteiger partial charge in [0.2, 0.25) is 5.91 Å². The normalized spacial score (nSPS) is 10.0. The van der Waals surface area contributed by atoms with Crippen LogP contribution in [0.15, 0.2) is 0 Å². The zero-order valence-corrected chi connectivity index (χ0v) is 8.82. The van der Waals surface area contributed by atoms with E-state index in [-0.39, 0.29) is 51.3 Å². The van der Waals surface area contributed by atoms with E-state index in [9.17, 15) is 9.59 Å². The van der Waals surface area contributed by atoms with E-state index in [2.05, 4.69) is 5.32 Å². The van der Waals surface area contributed by atoms with Gasteiger partial charge in [0.1, 0.15) is 13.2 Å². The highest BCUT2D eigenvalue weighted by Crippen LogP contribution is 1.80. The summed E-state index contributed by atoms with van der Waals surface area (Å²) in [4.78, 5) is 21.4. The molecule has 0 aliphatic carbocycles. The van der Waals surface area contributed by atoms with Crippen molar-refractivity contribution in [3.63, 3.8) is 0 Å². The highest BCUT2D eigenvalue weighted by Gasteiger charge is 1.99. The molecule has 0 saturated carbocycles. The number of aliphatic hydroxyl groups excluding tert-OH is 1. The third kappa shape index (κ3) is 10.9. The molecule has 0 unspecified atom stereocenters. The minimum atomic E-state index is -0.282. The van der Waals surface area contributed by atoms with Crippen molar-refractivity contribution in [2.45, 2.75) is 6.92 Å². The number of amides is 1. The molecule has 0 atom stereocenters. The topological polar surface area (TPSA) is 84.9 Å². The molecule has 0 aromatic heterocycles. The number of rotatable bonds is 9. The lowest BCUT2D eigenvalue weighted by molar-refractivity contribution is -0.127. The van der Waals surface area contributed by atoms with Crippen molar-refractivity contribution in [3.05, 3.63) is 0 Å². The third-order valence-corrected chi connectivity index (χ3v) is 1.34. The third-order valence-electron chi connectivity index (χ3n) is 1.34. The minimum Gasteiger partial charge on any atom is -0.395 e. The monoisotopic (exact) mass is 219 g/mol. The minimum absolute atomic E-state index is 0.0457. The van der Waals surface area contributed by atoms with E-state index in [0.29, 0.717) is 0 Å². The van der Waals surface area contributed by atoms with Crippen LogP contribution in [0, 0.1) is 0 Å². The van der Waals surface area contributed by atoms with Crippen LogP contribution in [0.1, 0.15) is 6.92 Å². The molecule has 15 heavy (non-hydrogen) atoms. The van der Waals surface area contributed by atoms with Gasteiger partial charge in [-0.2, -0.15) is 0 Å². The van der Waals surface area contributed by atoms with E-state index in [1.165, 1.54) is 6.92 Å². The van der Waals surface area contributed by atoms with Gasteiger partial charge in [-0.15, -0.1) is 0 Å². The van der Waals surface area contributed by atoms with Crippen LogP contribution in [0.3, 0.4) is 0 Å². The van der Waals surface area contributed by atoms with E-state index in [1.54, 1.807) is 0 Å². The Kier molecular flexibility index (Phi) is 8.95. The van der Waals surface area contributed by atoms with Crippen LogP contribution in [-0.2, 0) is 19.1 Å². The predicted octanol–water partition coefficient (Wildman–Crippen LogP) is -1.28. The molecule has 0 aliphatic heterocycles. The number of hydrogen-bond donors (Lipinski definition) is 2. The highest BCUT2D eigenvalue weighted by molar-refractivity contribution is 5.77. The van der Waals surface area contributed by atoms with Crippen molar-refractivity contribution >= 4 is 11.7 Å². The van der Waals surface area contributed by atoms with Crippen molar-refractivity contribution in [3.8, 4) is 0 Å². The maximum absolute atomic E-state index is 10.9. The number of ketones is 1. The maximum Gasteiger partial charge on any atom is 0.246 e. The Morgan fingerprint density at radius 3 is 2.33 bits per heavy atom. The van der Waals surface area contributed by atoms with Crippen LogP contribution in [0.4, 0.5) is 0 Å². The number of carbonyl (C=O) groups is 2. The first-order chi connectivity index (χ1) is 7.16. The molecular weight excluding hydrogens is 202 g/mol. The van der Waals surface area contributed by atoms with Crippen LogP contribution in [0.25, 0.3) is 0 Å². The number of carbonyl (C=O) groups excluding carboxylic acids is 2. The summed E-state index contributed by atoms with van der Waals surface area (Å²) in [6, 6.07) is 0. The predicted molar refractivity (Wildman–Crippen MR) is 52.4 cm³/mol. The lowest BCUT2D eigenvalue weighted by Crippen LogP contribution is -2.30. The molecule has 1 amide bonds. The van der Waals surface area contributed by atoms with Crippen LogP contribution >= 0.6 is 0 Å². The summed E-state index contributed by atoms with van der Waals surface area (Å²) >= 11 is 0. The molecule has 0 aliphatic rings. The fraction of sp³-hybridized carbons (Fsp3) is 0.778. The lowest BCUT2D eigenvalue weighted by Gasteiger charge is -2.05. The molecule has 0 fully saturated rings. The van der Waals surface area contributed by atoms with E-state index in [0.717, 1.165) is 0 Å². The van der Waals surface area contributed by atoms with Crippen LogP contribution < -0.4 is 5.32 Å². The number of hydrogen-bond acceptors (Lipinski definition) is 5. The Labute approximate surface area is 88.6 Å². The molecular formula is C9H17NO5. The Morgan fingerprint density at radius 2 is 1.80 bits per heavy atom. The standard InChI is InChI=1S/C9H17NO5/c1-8(12)6-14-4-5-15-7-9(13)10-2-3-11/h11H,2-7H2,1H3,(H,10,13). The van der Waals surface area contributed by atoms with Gasteiger partial charge in [0.25, 0.3) is 0 Å². The number of Topliss-reactive ketones (excluding diaryl/α,β-unsaturated/α-hetero) is 1. The van der Waals surface area contributed by atoms with Crippen LogP contribution in [0.2, 0.25) is 0 Å². The van der Waals surface area contributed by atoms with Gasteiger partial charge in [-0.05, 0) is 6.92 Å². The molecule has 0 heterocycles. The van der Waals surface area contributed by atoms with Gasteiger partial charge in [-0.1, -0.05) is 0 Å². The molecule has 6 nitrogen and oxygen atoms in total.